The van der Waals surface area contributed by atoms with Gasteiger partial charge in [-0.2, -0.15) is 11.8 Å². The summed E-state index contributed by atoms with van der Waals surface area (Å²) in [6, 6.07) is 0.691. The Bertz CT molecular complexity index is 154. The summed E-state index contributed by atoms with van der Waals surface area (Å²) in [6.07, 6.45) is 3.24. The van der Waals surface area contributed by atoms with E-state index in [1.807, 2.05) is 6.08 Å². The van der Waals surface area contributed by atoms with Crippen LogP contribution in [0.1, 0.15) is 20.3 Å². The van der Waals surface area contributed by atoms with Gasteiger partial charge < -0.3 is 5.32 Å². The van der Waals surface area contributed by atoms with E-state index >= 15 is 0 Å². The van der Waals surface area contributed by atoms with Crippen molar-refractivity contribution >= 4 is 11.8 Å². The van der Waals surface area contributed by atoms with Crippen molar-refractivity contribution in [3.8, 4) is 0 Å². The summed E-state index contributed by atoms with van der Waals surface area (Å²) in [4.78, 5) is 0. The van der Waals surface area contributed by atoms with E-state index in [-0.39, 0.29) is 0 Å². The van der Waals surface area contributed by atoms with Gasteiger partial charge in [0.15, 0.2) is 0 Å². The fourth-order valence-electron chi connectivity index (χ4n) is 1.64. The predicted octanol–water partition coefficient (Wildman–Crippen LogP) is 2.29. The van der Waals surface area contributed by atoms with E-state index in [0.717, 1.165) is 6.54 Å². The average molecular weight is 185 g/mol. The van der Waals surface area contributed by atoms with Gasteiger partial charge in [-0.25, -0.2) is 0 Å². The molecule has 0 aromatic carbocycles. The van der Waals surface area contributed by atoms with Crippen LogP contribution in [0.15, 0.2) is 12.7 Å². The molecule has 1 rings (SSSR count). The fourth-order valence-corrected chi connectivity index (χ4v) is 2.95. The molecule has 0 saturated carbocycles. The Kier molecular flexibility index (Phi) is 3.66. The van der Waals surface area contributed by atoms with E-state index < -0.39 is 0 Å². The molecule has 0 aromatic heterocycles. The summed E-state index contributed by atoms with van der Waals surface area (Å²) >= 11 is 2.06. The quantitative estimate of drug-likeness (QED) is 0.677. The smallest absolute Gasteiger partial charge is 0.0166 e. The average Bonchev–Trinajstić information content (AvgIpc) is 1.99. The number of hydrogen-bond acceptors (Lipinski definition) is 2. The molecule has 1 fully saturated rings. The maximum absolute atomic E-state index is 3.71. The Balaban J connectivity index is 2.31. The normalized spacial score (nSPS) is 28.3. The Morgan fingerprint density at radius 3 is 3.00 bits per heavy atom. The van der Waals surface area contributed by atoms with Crippen molar-refractivity contribution in [1.29, 1.82) is 0 Å². The molecule has 0 bridgehead atoms. The maximum Gasteiger partial charge on any atom is 0.0166 e. The molecular weight excluding hydrogens is 166 g/mol. The lowest BCUT2D eigenvalue weighted by molar-refractivity contribution is 0.323. The second-order valence-electron chi connectivity index (χ2n) is 4.28. The van der Waals surface area contributed by atoms with Crippen LogP contribution in [0.2, 0.25) is 0 Å². The fraction of sp³-hybridized carbons (Fsp3) is 0.800. The zero-order valence-electron chi connectivity index (χ0n) is 8.10. The Hall–Kier alpha value is 0.0500. The highest BCUT2D eigenvalue weighted by Gasteiger charge is 2.27. The molecule has 0 radical (unpaired) electrons. The van der Waals surface area contributed by atoms with Gasteiger partial charge in [-0.05, 0) is 17.6 Å². The largest absolute Gasteiger partial charge is 0.310 e. The summed E-state index contributed by atoms with van der Waals surface area (Å²) in [5, 5.41) is 3.49. The maximum atomic E-state index is 3.71. The molecule has 0 aliphatic carbocycles. The second kappa shape index (κ2) is 4.33. The van der Waals surface area contributed by atoms with Gasteiger partial charge in [0.2, 0.25) is 0 Å². The van der Waals surface area contributed by atoms with E-state index in [2.05, 4.69) is 37.5 Å². The van der Waals surface area contributed by atoms with Crippen LogP contribution in [0.5, 0.6) is 0 Å². The molecule has 0 aromatic rings. The van der Waals surface area contributed by atoms with Gasteiger partial charge in [-0.15, -0.1) is 6.58 Å². The van der Waals surface area contributed by atoms with Crippen LogP contribution in [0.25, 0.3) is 0 Å². The van der Waals surface area contributed by atoms with Crippen molar-refractivity contribution in [3.63, 3.8) is 0 Å². The van der Waals surface area contributed by atoms with Gasteiger partial charge in [0.25, 0.3) is 0 Å². The Morgan fingerprint density at radius 2 is 2.42 bits per heavy atom. The Labute approximate surface area is 80.0 Å². The number of rotatable bonds is 3. The molecular formula is C10H19NS. The van der Waals surface area contributed by atoms with Gasteiger partial charge in [0.05, 0.1) is 0 Å². The van der Waals surface area contributed by atoms with Crippen LogP contribution in [-0.4, -0.2) is 24.1 Å². The van der Waals surface area contributed by atoms with Gasteiger partial charge in [0.1, 0.15) is 0 Å². The lowest BCUT2D eigenvalue weighted by atomic mass is 9.88. The topological polar surface area (TPSA) is 12.0 Å². The SMILES string of the molecule is C=CCNC1CSCC(C)(C)C1. The van der Waals surface area contributed by atoms with Gasteiger partial charge >= 0.3 is 0 Å². The molecule has 1 aliphatic rings. The zero-order valence-corrected chi connectivity index (χ0v) is 8.91. The van der Waals surface area contributed by atoms with Crippen LogP contribution >= 0.6 is 11.8 Å². The van der Waals surface area contributed by atoms with Crippen LogP contribution < -0.4 is 5.32 Å². The number of thioether (sulfide) groups is 1. The molecule has 1 atom stereocenters. The monoisotopic (exact) mass is 185 g/mol. The third kappa shape index (κ3) is 3.20. The number of hydrogen-bond donors (Lipinski definition) is 1. The first-order valence-electron chi connectivity index (χ1n) is 4.56. The highest BCUT2D eigenvalue weighted by molar-refractivity contribution is 7.99. The zero-order chi connectivity index (χ0) is 9.03. The van der Waals surface area contributed by atoms with Crippen LogP contribution in [0.3, 0.4) is 0 Å². The molecule has 1 aliphatic heterocycles. The minimum atomic E-state index is 0.516. The van der Waals surface area contributed by atoms with E-state index in [1.165, 1.54) is 17.9 Å². The second-order valence-corrected chi connectivity index (χ2v) is 5.31. The summed E-state index contributed by atoms with van der Waals surface area (Å²) in [5.41, 5.74) is 0.516. The van der Waals surface area contributed by atoms with E-state index in [1.54, 1.807) is 0 Å². The highest BCUT2D eigenvalue weighted by Crippen LogP contribution is 2.33. The molecule has 12 heavy (non-hydrogen) atoms. The predicted molar refractivity (Wildman–Crippen MR) is 57.7 cm³/mol. The van der Waals surface area contributed by atoms with Crippen molar-refractivity contribution in [3.05, 3.63) is 12.7 Å². The molecule has 2 heteroatoms. The lowest BCUT2D eigenvalue weighted by Gasteiger charge is -2.35. The molecule has 1 N–H and O–H groups in total. The van der Waals surface area contributed by atoms with Crippen LogP contribution in [-0.2, 0) is 0 Å². The third-order valence-electron chi connectivity index (χ3n) is 2.16. The van der Waals surface area contributed by atoms with Crippen LogP contribution in [0, 0.1) is 5.41 Å². The van der Waals surface area contributed by atoms with E-state index in [9.17, 15) is 0 Å². The van der Waals surface area contributed by atoms with Gasteiger partial charge in [0, 0.05) is 18.3 Å². The summed E-state index contributed by atoms with van der Waals surface area (Å²) in [5.74, 6) is 2.57. The van der Waals surface area contributed by atoms with Gasteiger partial charge in [-0.3, -0.25) is 0 Å². The van der Waals surface area contributed by atoms with Gasteiger partial charge in [-0.1, -0.05) is 19.9 Å². The minimum absolute atomic E-state index is 0.516. The molecule has 1 unspecified atom stereocenters. The first-order chi connectivity index (χ1) is 5.64. The Morgan fingerprint density at radius 1 is 1.67 bits per heavy atom. The van der Waals surface area contributed by atoms with Crippen molar-refractivity contribution in [2.75, 3.05) is 18.1 Å². The molecule has 1 nitrogen and oxygen atoms in total. The van der Waals surface area contributed by atoms with E-state index in [0.29, 0.717) is 11.5 Å². The van der Waals surface area contributed by atoms with Crippen LogP contribution in [0.4, 0.5) is 0 Å². The summed E-state index contributed by atoms with van der Waals surface area (Å²) in [6.45, 7) is 9.36. The van der Waals surface area contributed by atoms with Crippen molar-refractivity contribution in [2.45, 2.75) is 26.3 Å². The lowest BCUT2D eigenvalue weighted by Crippen LogP contribution is -2.40. The molecule has 1 saturated heterocycles. The highest BCUT2D eigenvalue weighted by atomic mass is 32.2. The molecule has 0 spiro atoms. The molecule has 1 heterocycles. The number of nitrogens with one attached hydrogen (secondary N) is 1. The van der Waals surface area contributed by atoms with Crippen molar-refractivity contribution in [1.82, 2.24) is 5.32 Å². The molecule has 70 valence electrons. The van der Waals surface area contributed by atoms with E-state index in [4.69, 9.17) is 0 Å². The first kappa shape index (κ1) is 10.1. The molecule has 0 amide bonds. The first-order valence-corrected chi connectivity index (χ1v) is 5.71. The summed E-state index contributed by atoms with van der Waals surface area (Å²) < 4.78 is 0. The summed E-state index contributed by atoms with van der Waals surface area (Å²) in [7, 11) is 0. The standard InChI is InChI=1S/C10H19NS/c1-4-5-11-9-6-10(2,3)8-12-7-9/h4,9,11H,1,5-8H2,2-3H3. The van der Waals surface area contributed by atoms with Crippen molar-refractivity contribution < 1.29 is 0 Å². The minimum Gasteiger partial charge on any atom is -0.310 e. The third-order valence-corrected chi connectivity index (χ3v) is 3.79. The van der Waals surface area contributed by atoms with Crippen molar-refractivity contribution in [2.24, 2.45) is 5.41 Å².